The van der Waals surface area contributed by atoms with Gasteiger partial charge in [-0.1, -0.05) is 53.1 Å². The van der Waals surface area contributed by atoms with E-state index in [2.05, 4.69) is 93.6 Å². The second kappa shape index (κ2) is 6.95. The van der Waals surface area contributed by atoms with Gasteiger partial charge in [-0.2, -0.15) is 10.4 Å². The van der Waals surface area contributed by atoms with E-state index in [0.717, 1.165) is 17.1 Å². The minimum absolute atomic E-state index is 0. The molecule has 2 nitrogen and oxygen atoms in total. The first-order valence-electron chi connectivity index (χ1n) is 7.89. The summed E-state index contributed by atoms with van der Waals surface area (Å²) in [6, 6.07) is 25.3. The zero-order chi connectivity index (χ0) is 16.4. The number of aryl methyl sites for hydroxylation is 3. The Morgan fingerprint density at radius 3 is 0.917 bits per heavy atom. The molecule has 24 heavy (non-hydrogen) atoms. The molecule has 0 unspecified atom stereocenters. The lowest BCUT2D eigenvalue weighted by atomic mass is 10.1. The molecule has 0 spiro atoms. The molecule has 0 saturated carbocycles. The van der Waals surface area contributed by atoms with Gasteiger partial charge in [-0.05, 0) is 20.8 Å². The first-order valence-corrected chi connectivity index (χ1v) is 7.89. The molecule has 0 aliphatic carbocycles. The van der Waals surface area contributed by atoms with Crippen molar-refractivity contribution >= 4 is 17.1 Å². The first-order chi connectivity index (χ1) is 11.0. The van der Waals surface area contributed by atoms with E-state index in [1.165, 1.54) is 16.7 Å². The van der Waals surface area contributed by atoms with Gasteiger partial charge in [0, 0.05) is 36.4 Å². The van der Waals surface area contributed by atoms with Crippen LogP contribution in [-0.2, 0) is 0 Å². The summed E-state index contributed by atoms with van der Waals surface area (Å²) in [4.78, 5) is 0. The molecule has 3 aromatic carbocycles. The number of benzene rings is 3. The molecule has 3 aromatic rings. The van der Waals surface area contributed by atoms with Crippen LogP contribution in [0.25, 0.3) is 0 Å². The van der Waals surface area contributed by atoms with Crippen LogP contribution in [0.3, 0.4) is 0 Å². The molecule has 0 saturated heterocycles. The summed E-state index contributed by atoms with van der Waals surface area (Å²) < 4.78 is 0.167. The Hall–Kier alpha value is -2.49. The summed E-state index contributed by atoms with van der Waals surface area (Å²) in [6.07, 6.45) is 0. The van der Waals surface area contributed by atoms with Crippen molar-refractivity contribution in [3.63, 3.8) is 0 Å². The van der Waals surface area contributed by atoms with Crippen molar-refractivity contribution in [2.45, 2.75) is 20.8 Å². The van der Waals surface area contributed by atoms with Crippen LogP contribution in [0.4, 0.5) is 17.1 Å². The molecule has 0 bridgehead atoms. The fraction of sp³-hybridized carbons (Fsp3) is 0.143. The van der Waals surface area contributed by atoms with E-state index in [9.17, 15) is 0 Å². The normalized spacial score (nSPS) is 11.0. The van der Waals surface area contributed by atoms with Gasteiger partial charge in [-0.3, -0.25) is 0 Å². The predicted molar refractivity (Wildman–Crippen MR) is 98.8 cm³/mol. The van der Waals surface area contributed by atoms with Crippen molar-refractivity contribution in [1.29, 1.82) is 0 Å². The van der Waals surface area contributed by atoms with Gasteiger partial charge in [0.1, 0.15) is 0 Å². The molecule has 124 valence electrons. The number of nitrogens with two attached hydrogens (primary N) is 1. The Balaban J connectivity index is 0.00000208. The Morgan fingerprint density at radius 2 is 0.708 bits per heavy atom. The molecule has 0 fully saturated rings. The summed E-state index contributed by atoms with van der Waals surface area (Å²) in [5.74, 6) is 6.95. The predicted octanol–water partition coefficient (Wildman–Crippen LogP) is 2.46. The zero-order valence-electron chi connectivity index (χ0n) is 14.3. The topological polar surface area (TPSA) is 26.0 Å². The van der Waals surface area contributed by atoms with E-state index in [-0.39, 0.29) is 9.30 Å². The van der Waals surface area contributed by atoms with Crippen LogP contribution in [0.2, 0.25) is 0 Å². The Kier molecular flexibility index (Phi) is 5.17. The maximum atomic E-state index is 6.95. The van der Waals surface area contributed by atoms with E-state index in [1.807, 2.05) is 0 Å². The van der Waals surface area contributed by atoms with Gasteiger partial charge >= 0.3 is 0 Å². The van der Waals surface area contributed by atoms with E-state index in [4.69, 9.17) is 5.84 Å². The summed E-state index contributed by atoms with van der Waals surface area (Å²) in [5.41, 5.74) is 6.82. The van der Waals surface area contributed by atoms with Crippen molar-refractivity contribution in [2.75, 3.05) is 0 Å². The Morgan fingerprint density at radius 1 is 0.500 bits per heavy atom. The van der Waals surface area contributed by atoms with Crippen molar-refractivity contribution in [3.05, 3.63) is 89.5 Å². The quantitative estimate of drug-likeness (QED) is 0.447. The number of halogens is 1. The van der Waals surface area contributed by atoms with Crippen molar-refractivity contribution < 1.29 is 4.70 Å². The SMILES string of the molecule is Cc1ccc([N+](N)(c2ccc(C)cc2)c2ccc(C)cc2)cc1.[F-]. The van der Waals surface area contributed by atoms with Crippen LogP contribution < -0.4 is 15.1 Å². The summed E-state index contributed by atoms with van der Waals surface area (Å²) in [7, 11) is 0. The van der Waals surface area contributed by atoms with Crippen molar-refractivity contribution in [1.82, 2.24) is 4.59 Å². The second-order valence-corrected chi connectivity index (χ2v) is 6.23. The lowest BCUT2D eigenvalue weighted by molar-refractivity contribution is -0.00000487. The minimum atomic E-state index is 0. The monoisotopic (exact) mass is 322 g/mol. The zero-order valence-corrected chi connectivity index (χ0v) is 14.3. The van der Waals surface area contributed by atoms with E-state index < -0.39 is 0 Å². The van der Waals surface area contributed by atoms with E-state index in [0.29, 0.717) is 0 Å². The average Bonchev–Trinajstić information content (AvgIpc) is 2.56. The summed E-state index contributed by atoms with van der Waals surface area (Å²) in [6.45, 7) is 6.27. The third kappa shape index (κ3) is 3.23. The molecule has 3 heteroatoms. The van der Waals surface area contributed by atoms with Crippen LogP contribution in [-0.4, -0.2) is 0 Å². The molecule has 0 aliphatic heterocycles. The highest BCUT2D eigenvalue weighted by molar-refractivity contribution is 5.69. The number of hydrogen-bond donors (Lipinski definition) is 1. The van der Waals surface area contributed by atoms with Gasteiger partial charge < -0.3 is 4.70 Å². The lowest BCUT2D eigenvalue weighted by Crippen LogP contribution is -3.00. The molecule has 0 aliphatic rings. The van der Waals surface area contributed by atoms with Gasteiger partial charge in [0.15, 0.2) is 17.1 Å². The highest BCUT2D eigenvalue weighted by Crippen LogP contribution is 2.39. The third-order valence-electron chi connectivity index (χ3n) is 4.32. The molecular formula is C21H23FN2. The molecule has 3 rings (SSSR count). The largest absolute Gasteiger partial charge is 1.00 e. The fourth-order valence-corrected chi connectivity index (χ4v) is 2.79. The third-order valence-corrected chi connectivity index (χ3v) is 4.32. The van der Waals surface area contributed by atoms with Gasteiger partial charge in [0.2, 0.25) is 0 Å². The molecule has 0 aromatic heterocycles. The Labute approximate surface area is 143 Å². The van der Waals surface area contributed by atoms with E-state index >= 15 is 0 Å². The van der Waals surface area contributed by atoms with Gasteiger partial charge in [-0.15, -0.1) is 0 Å². The standard InChI is InChI=1S/C21H23N2.FH/c1-16-4-10-19(11-5-16)23(22,20-12-6-17(2)7-13-20)21-14-8-18(3)9-15-21;/h4-15H,22H2,1-3H3;1H/q+1;/p-1. The van der Waals surface area contributed by atoms with Crippen LogP contribution in [0.1, 0.15) is 16.7 Å². The van der Waals surface area contributed by atoms with Crippen LogP contribution in [0.15, 0.2) is 72.8 Å². The Bertz CT molecular complexity index is 680. The van der Waals surface area contributed by atoms with Gasteiger partial charge in [-0.25, -0.2) is 0 Å². The highest BCUT2D eigenvalue weighted by atomic mass is 19.0. The minimum Gasteiger partial charge on any atom is -1.00 e. The smallest absolute Gasteiger partial charge is 0.162 e. The number of nitrogens with zero attached hydrogens (tertiary/aromatic N) is 1. The highest BCUT2D eigenvalue weighted by Gasteiger charge is 2.32. The fourth-order valence-electron chi connectivity index (χ4n) is 2.79. The number of rotatable bonds is 3. The lowest BCUT2D eigenvalue weighted by Gasteiger charge is -2.31. The maximum Gasteiger partial charge on any atom is 0.162 e. The average molecular weight is 322 g/mol. The van der Waals surface area contributed by atoms with E-state index in [1.54, 1.807) is 0 Å². The molecule has 0 heterocycles. The summed E-state index contributed by atoms with van der Waals surface area (Å²) >= 11 is 0. The van der Waals surface area contributed by atoms with Gasteiger partial charge in [0.25, 0.3) is 0 Å². The molecule has 0 radical (unpaired) electrons. The van der Waals surface area contributed by atoms with Crippen molar-refractivity contribution in [3.8, 4) is 0 Å². The van der Waals surface area contributed by atoms with Crippen LogP contribution in [0, 0.1) is 20.8 Å². The molecule has 0 atom stereocenters. The molecular weight excluding hydrogens is 299 g/mol. The number of quaternary nitrogens is 1. The second-order valence-electron chi connectivity index (χ2n) is 6.23. The van der Waals surface area contributed by atoms with Crippen LogP contribution in [0.5, 0.6) is 0 Å². The van der Waals surface area contributed by atoms with Crippen LogP contribution >= 0.6 is 0 Å². The maximum absolute atomic E-state index is 6.95. The first kappa shape index (κ1) is 17.9. The summed E-state index contributed by atoms with van der Waals surface area (Å²) in [5, 5.41) is 0. The van der Waals surface area contributed by atoms with Crippen molar-refractivity contribution in [2.24, 2.45) is 5.84 Å². The van der Waals surface area contributed by atoms with Gasteiger partial charge in [0.05, 0.1) is 0 Å². The molecule has 0 amide bonds. The molecule has 2 N–H and O–H groups in total. The number of hydrogen-bond acceptors (Lipinski definition) is 1.